The topological polar surface area (TPSA) is 54.0 Å². The van der Waals surface area contributed by atoms with Crippen LogP contribution < -0.4 is 5.63 Å². The number of rotatable bonds is 0. The van der Waals surface area contributed by atoms with Crippen LogP contribution in [0.15, 0.2) is 27.6 Å². The Hall–Kier alpha value is -1.56. The van der Waals surface area contributed by atoms with Crippen molar-refractivity contribution in [2.75, 3.05) is 0 Å². The Balaban J connectivity index is 3.21. The van der Waals surface area contributed by atoms with Crippen LogP contribution in [0, 0.1) is 11.3 Å². The van der Waals surface area contributed by atoms with Crippen LogP contribution in [0.3, 0.4) is 0 Å². The van der Waals surface area contributed by atoms with Crippen molar-refractivity contribution < 1.29 is 4.42 Å². The van der Waals surface area contributed by atoms with Crippen molar-refractivity contribution in [1.82, 2.24) is 0 Å². The molecule has 0 saturated carbocycles. The molecule has 1 aromatic rings. The average Bonchev–Trinajstić information content (AvgIpc) is 1.90. The van der Waals surface area contributed by atoms with E-state index < -0.39 is 5.63 Å². The van der Waals surface area contributed by atoms with Crippen molar-refractivity contribution in [3.8, 4) is 6.07 Å². The Bertz CT molecular complexity index is 274. The van der Waals surface area contributed by atoms with E-state index in [2.05, 4.69) is 4.42 Å². The third kappa shape index (κ3) is 1.16. The lowest BCUT2D eigenvalue weighted by molar-refractivity contribution is 0.509. The molecular weight excluding hydrogens is 118 g/mol. The van der Waals surface area contributed by atoms with E-state index in [1.54, 1.807) is 0 Å². The van der Waals surface area contributed by atoms with Crippen molar-refractivity contribution in [3.05, 3.63) is 34.4 Å². The SMILES string of the molecule is N#Cc1ccc(=O)oc1. The number of hydrogen-bond acceptors (Lipinski definition) is 3. The van der Waals surface area contributed by atoms with Gasteiger partial charge in [-0.1, -0.05) is 0 Å². The molecular formula is C6H3NO2. The van der Waals surface area contributed by atoms with E-state index in [1.807, 2.05) is 6.07 Å². The molecule has 0 fully saturated rings. The Morgan fingerprint density at radius 3 is 2.78 bits per heavy atom. The Labute approximate surface area is 51.2 Å². The van der Waals surface area contributed by atoms with Gasteiger partial charge in [-0.25, -0.2) is 4.79 Å². The van der Waals surface area contributed by atoms with Crippen LogP contribution in [0.1, 0.15) is 5.56 Å². The second-order valence-electron chi connectivity index (χ2n) is 1.46. The Morgan fingerprint density at radius 1 is 1.56 bits per heavy atom. The number of nitriles is 1. The molecule has 3 nitrogen and oxygen atoms in total. The monoisotopic (exact) mass is 121 g/mol. The van der Waals surface area contributed by atoms with Crippen molar-refractivity contribution >= 4 is 0 Å². The molecule has 3 heteroatoms. The van der Waals surface area contributed by atoms with Crippen LogP contribution in [0.2, 0.25) is 0 Å². The van der Waals surface area contributed by atoms with Gasteiger partial charge in [-0.05, 0) is 6.07 Å². The average molecular weight is 121 g/mol. The molecule has 1 aromatic heterocycles. The van der Waals surface area contributed by atoms with Gasteiger partial charge in [-0.2, -0.15) is 5.26 Å². The molecule has 0 spiro atoms. The zero-order valence-corrected chi connectivity index (χ0v) is 4.50. The summed E-state index contributed by atoms with van der Waals surface area (Å²) in [6.45, 7) is 0. The first-order valence-corrected chi connectivity index (χ1v) is 2.32. The molecule has 1 heterocycles. The molecule has 0 aromatic carbocycles. The lowest BCUT2D eigenvalue weighted by Gasteiger charge is -1.80. The van der Waals surface area contributed by atoms with Crippen LogP contribution in [0.4, 0.5) is 0 Å². The third-order valence-electron chi connectivity index (χ3n) is 0.830. The zero-order valence-electron chi connectivity index (χ0n) is 4.50. The lowest BCUT2D eigenvalue weighted by Crippen LogP contribution is -1.93. The summed E-state index contributed by atoms with van der Waals surface area (Å²) in [7, 11) is 0. The molecule has 0 unspecified atom stereocenters. The quantitative estimate of drug-likeness (QED) is 0.502. The van der Waals surface area contributed by atoms with E-state index in [-0.39, 0.29) is 0 Å². The molecule has 1 rings (SSSR count). The number of hydrogen-bond donors (Lipinski definition) is 0. The maximum atomic E-state index is 10.3. The normalized spacial score (nSPS) is 8.33. The van der Waals surface area contributed by atoms with Crippen molar-refractivity contribution in [2.24, 2.45) is 0 Å². The molecule has 0 aliphatic carbocycles. The second-order valence-corrected chi connectivity index (χ2v) is 1.46. The Morgan fingerprint density at radius 2 is 2.33 bits per heavy atom. The van der Waals surface area contributed by atoms with E-state index in [1.165, 1.54) is 12.1 Å². The molecule has 44 valence electrons. The zero-order chi connectivity index (χ0) is 6.69. The van der Waals surface area contributed by atoms with Crippen LogP contribution in [0.5, 0.6) is 0 Å². The molecule has 0 amide bonds. The van der Waals surface area contributed by atoms with Crippen molar-refractivity contribution in [2.45, 2.75) is 0 Å². The van der Waals surface area contributed by atoms with Crippen LogP contribution >= 0.6 is 0 Å². The molecule has 9 heavy (non-hydrogen) atoms. The Kier molecular flexibility index (Phi) is 1.32. The molecule has 0 N–H and O–H groups in total. The highest BCUT2D eigenvalue weighted by Crippen LogP contribution is 1.88. The predicted octanol–water partition coefficient (Wildman–Crippen LogP) is 0.511. The highest BCUT2D eigenvalue weighted by molar-refractivity contribution is 5.22. The predicted molar refractivity (Wildman–Crippen MR) is 29.7 cm³/mol. The molecule has 0 aliphatic rings. The van der Waals surface area contributed by atoms with Crippen LogP contribution in [-0.4, -0.2) is 0 Å². The summed E-state index contributed by atoms with van der Waals surface area (Å²) < 4.78 is 4.37. The van der Waals surface area contributed by atoms with Crippen molar-refractivity contribution in [3.63, 3.8) is 0 Å². The molecule has 0 aliphatic heterocycles. The lowest BCUT2D eigenvalue weighted by atomic mass is 10.3. The van der Waals surface area contributed by atoms with Crippen LogP contribution in [0.25, 0.3) is 0 Å². The fourth-order valence-corrected chi connectivity index (χ4v) is 0.422. The van der Waals surface area contributed by atoms with Gasteiger partial charge in [0.25, 0.3) is 0 Å². The summed E-state index contributed by atoms with van der Waals surface area (Å²) >= 11 is 0. The molecule has 0 bridgehead atoms. The minimum atomic E-state index is -0.436. The second kappa shape index (κ2) is 2.14. The molecule has 0 atom stereocenters. The van der Waals surface area contributed by atoms with E-state index in [4.69, 9.17) is 5.26 Å². The van der Waals surface area contributed by atoms with E-state index >= 15 is 0 Å². The standard InChI is InChI=1S/C6H3NO2/c7-3-5-1-2-6(8)9-4-5/h1-2,4H. The molecule has 0 radical (unpaired) electrons. The minimum Gasteiger partial charge on any atom is -0.430 e. The maximum Gasteiger partial charge on any atom is 0.335 e. The molecule has 0 saturated heterocycles. The highest BCUT2D eigenvalue weighted by Gasteiger charge is 1.87. The summed E-state index contributed by atoms with van der Waals surface area (Å²) in [6, 6.07) is 4.44. The van der Waals surface area contributed by atoms with E-state index in [9.17, 15) is 4.79 Å². The van der Waals surface area contributed by atoms with Gasteiger partial charge < -0.3 is 4.42 Å². The van der Waals surface area contributed by atoms with Gasteiger partial charge in [0, 0.05) is 6.07 Å². The van der Waals surface area contributed by atoms with Gasteiger partial charge >= 0.3 is 5.63 Å². The maximum absolute atomic E-state index is 10.3. The van der Waals surface area contributed by atoms with Gasteiger partial charge in [0.15, 0.2) is 0 Å². The fourth-order valence-electron chi connectivity index (χ4n) is 0.422. The van der Waals surface area contributed by atoms with Crippen LogP contribution in [-0.2, 0) is 0 Å². The van der Waals surface area contributed by atoms with Gasteiger partial charge in [-0.15, -0.1) is 0 Å². The van der Waals surface area contributed by atoms with Gasteiger partial charge in [0.1, 0.15) is 12.3 Å². The van der Waals surface area contributed by atoms with Gasteiger partial charge in [0.05, 0.1) is 5.56 Å². The summed E-state index contributed by atoms with van der Waals surface area (Å²) in [4.78, 5) is 10.3. The van der Waals surface area contributed by atoms with Crippen molar-refractivity contribution in [1.29, 1.82) is 5.26 Å². The largest absolute Gasteiger partial charge is 0.430 e. The fraction of sp³-hybridized carbons (Fsp3) is 0. The highest BCUT2D eigenvalue weighted by atomic mass is 16.4. The van der Waals surface area contributed by atoms with E-state index in [0.29, 0.717) is 5.56 Å². The first kappa shape index (κ1) is 5.57. The third-order valence-corrected chi connectivity index (χ3v) is 0.830. The summed E-state index contributed by atoms with van der Waals surface area (Å²) in [6.07, 6.45) is 1.13. The summed E-state index contributed by atoms with van der Waals surface area (Å²) in [5.41, 5.74) is -0.0800. The summed E-state index contributed by atoms with van der Waals surface area (Å²) in [5, 5.41) is 8.22. The van der Waals surface area contributed by atoms with E-state index in [0.717, 1.165) is 6.26 Å². The summed E-state index contributed by atoms with van der Waals surface area (Å²) in [5.74, 6) is 0. The number of nitrogens with zero attached hydrogens (tertiary/aromatic N) is 1. The first-order chi connectivity index (χ1) is 4.33. The first-order valence-electron chi connectivity index (χ1n) is 2.32. The van der Waals surface area contributed by atoms with Gasteiger partial charge in [-0.3, -0.25) is 0 Å². The van der Waals surface area contributed by atoms with Gasteiger partial charge in [0.2, 0.25) is 0 Å². The smallest absolute Gasteiger partial charge is 0.335 e. The minimum absolute atomic E-state index is 0.356.